The molecule has 0 atom stereocenters. The molecule has 0 aliphatic heterocycles. The molecule has 0 rings (SSSR count). The van der Waals surface area contributed by atoms with Crippen molar-refractivity contribution in [1.82, 2.24) is 0 Å². The molecule has 0 fully saturated rings. The maximum atomic E-state index is 9.85. The van der Waals surface area contributed by atoms with Crippen molar-refractivity contribution < 1.29 is 189 Å². The summed E-state index contributed by atoms with van der Waals surface area (Å²) in [6.45, 7) is 0. The Labute approximate surface area is 198 Å². The fraction of sp³-hybridized carbons (Fsp3) is 0. The van der Waals surface area contributed by atoms with Crippen LogP contribution in [0.2, 0.25) is 0 Å². The van der Waals surface area contributed by atoms with E-state index in [1.54, 1.807) is 0 Å². The minimum Gasteiger partial charge on any atom is -0.373 e. The molecule has 71 valence electrons. The Bertz CT molecular complexity index is 139. The van der Waals surface area contributed by atoms with Gasteiger partial charge in [0.15, 0.2) is 0 Å². The second-order valence-electron chi connectivity index (χ2n) is 0.767. The zero-order valence-corrected chi connectivity index (χ0v) is 17.3. The van der Waals surface area contributed by atoms with Crippen molar-refractivity contribution in [2.45, 2.75) is 0 Å². The Balaban J connectivity index is -0.0000000320. The molecule has 0 heterocycles. The zero-order valence-electron chi connectivity index (χ0n) is 6.93. The molecule has 0 aromatic rings. The van der Waals surface area contributed by atoms with Gasteiger partial charge in [0.25, 0.3) is 0 Å². The molecule has 0 N–H and O–H groups in total. The van der Waals surface area contributed by atoms with Gasteiger partial charge in [0.2, 0.25) is 0 Å². The monoisotopic (exact) mass is 331 g/mol. The fourth-order valence-corrected chi connectivity index (χ4v) is 0. The third-order valence-electron chi connectivity index (χ3n) is 0. The van der Waals surface area contributed by atoms with E-state index in [2.05, 4.69) is 0 Å². The average molecular weight is 332 g/mol. The minimum atomic E-state index is -10.5. The van der Waals surface area contributed by atoms with Gasteiger partial charge in [-0.25, -0.2) is 0 Å². The summed E-state index contributed by atoms with van der Waals surface area (Å²) in [5.74, 6) is 0. The molecule has 0 spiro atoms. The molecule has 0 aromatic carbocycles. The first kappa shape index (κ1) is 30.4. The molecule has 0 radical (unpaired) electrons. The predicted octanol–water partition coefficient (Wildman–Crippen LogP) is -5.60. The summed E-state index contributed by atoms with van der Waals surface area (Å²) in [4.78, 5) is 1.50. The van der Waals surface area contributed by atoms with E-state index in [1.165, 1.54) is 4.91 Å². The maximum absolute atomic E-state index is 10.5. The van der Waals surface area contributed by atoms with Crippen molar-refractivity contribution in [3.63, 3.8) is 0 Å². The van der Waals surface area contributed by atoms with Crippen LogP contribution in [0.3, 0.4) is 0 Å². The normalized spacial score (nSPS) is 13.1. The molecule has 0 saturated heterocycles. The Morgan fingerprint density at radius 2 is 0.692 bits per heavy atom. The molecule has 0 saturated carbocycles. The van der Waals surface area contributed by atoms with Gasteiger partial charge < -0.3 is 11.1 Å². The van der Waals surface area contributed by atoms with E-state index in [1.807, 2.05) is 0 Å². The molecule has 0 aliphatic carbocycles. The quantitative estimate of drug-likeness (QED) is 0.140. The summed E-state index contributed by atoms with van der Waals surface area (Å²) in [5.41, 5.74) is 13.5. The van der Waals surface area contributed by atoms with E-state index in [9.17, 15) is 21.6 Å². The average Bonchev–Trinajstić information content (AvgIpc) is 1.20. The van der Waals surface area contributed by atoms with E-state index < -0.39 is 13.0 Å². The number of hydrogen-bond acceptors (Lipinski definition) is 0. The van der Waals surface area contributed by atoms with Gasteiger partial charge in [-0.15, -0.1) is 0 Å². The molecule has 13 heavy (non-hydrogen) atoms. The Kier molecular flexibility index (Phi) is 21.6. The van der Waals surface area contributed by atoms with Crippen LogP contribution in [0.4, 0.5) is 21.6 Å². The number of nitrogens with zero attached hydrogens (tertiary/aromatic N) is 3. The summed E-state index contributed by atoms with van der Waals surface area (Å²) in [7, 11) is 0. The summed E-state index contributed by atoms with van der Waals surface area (Å²) in [6.07, 6.45) is 0. The molecular weight excluding hydrogens is 332 g/mol. The van der Waals surface area contributed by atoms with Crippen LogP contribution >= 0.6 is 0 Å². The van der Waals surface area contributed by atoms with Crippen LogP contribution in [0.25, 0.3) is 16.0 Å². The molecule has 0 aromatic heterocycles. The fourth-order valence-electron chi connectivity index (χ4n) is 0. The standard InChI is InChI=1S/6FH.3K.N3.Ni/c;;;;;;;;;1-3-2;/h6*1H;;;;;/q;;;;;;3*+1;-1;+3/p-6. The minimum absolute atomic E-state index is 0. The second-order valence-corrected chi connectivity index (χ2v) is 2.88. The maximum Gasteiger partial charge on any atom is 1.00 e. The topological polar surface area (TPSA) is 58.7 Å². The Morgan fingerprint density at radius 1 is 0.692 bits per heavy atom. The van der Waals surface area contributed by atoms with Crippen LogP contribution in [-0.4, -0.2) is 0 Å². The van der Waals surface area contributed by atoms with Gasteiger partial charge in [-0.1, -0.05) is 0 Å². The van der Waals surface area contributed by atoms with Gasteiger partial charge in [-0.2, -0.15) is 0 Å². The van der Waals surface area contributed by atoms with Crippen molar-refractivity contribution in [3.05, 3.63) is 16.0 Å². The third-order valence-corrected chi connectivity index (χ3v) is 0. The third kappa shape index (κ3) is 181. The molecule has 0 bridgehead atoms. The van der Waals surface area contributed by atoms with Crippen LogP contribution in [0.5, 0.6) is 0 Å². The number of rotatable bonds is 0. The SMILES string of the molecule is [F][Ni-3]([F])([F])([F])([F])[F].[K+].[K+].[K+].[N-]=[N+]=[N-]. The van der Waals surface area contributed by atoms with Crippen molar-refractivity contribution in [2.75, 3.05) is 0 Å². The van der Waals surface area contributed by atoms with Crippen LogP contribution in [-0.2, 0) is 13.0 Å². The molecular formula is F6K3N3Ni-. The van der Waals surface area contributed by atoms with E-state index >= 15 is 0 Å². The first-order valence-corrected chi connectivity index (χ1v) is 3.36. The van der Waals surface area contributed by atoms with Gasteiger partial charge in [0.05, 0.1) is 0 Å². The van der Waals surface area contributed by atoms with Crippen molar-refractivity contribution in [2.24, 2.45) is 0 Å². The van der Waals surface area contributed by atoms with Gasteiger partial charge >= 0.3 is 189 Å². The summed E-state index contributed by atoms with van der Waals surface area (Å²) < 4.78 is 59.1. The van der Waals surface area contributed by atoms with Crippen molar-refractivity contribution >= 4 is 0 Å². The van der Waals surface area contributed by atoms with Crippen molar-refractivity contribution in [3.8, 4) is 0 Å². The molecule has 13 heteroatoms. The Hall–Kier alpha value is 4.29. The molecule has 0 aliphatic rings. The van der Waals surface area contributed by atoms with E-state index in [4.69, 9.17) is 11.1 Å². The zero-order chi connectivity index (χ0) is 9.12. The first-order chi connectivity index (χ1) is 3.86. The second kappa shape index (κ2) is 9.25. The number of hydrogen-bond donors (Lipinski definition) is 0. The first-order valence-electron chi connectivity index (χ1n) is 1.12. The van der Waals surface area contributed by atoms with Crippen LogP contribution in [0.1, 0.15) is 0 Å². The van der Waals surface area contributed by atoms with Gasteiger partial charge in [-0.05, 0) is 0 Å². The largest absolute Gasteiger partial charge is 1.00 e. The van der Waals surface area contributed by atoms with Crippen molar-refractivity contribution in [1.29, 1.82) is 0 Å². The predicted molar refractivity (Wildman–Crippen MR) is 16.7 cm³/mol. The smallest absolute Gasteiger partial charge is 0.373 e. The number of halogens is 6. The summed E-state index contributed by atoms with van der Waals surface area (Å²) in [5, 5.41) is 0. The summed E-state index contributed by atoms with van der Waals surface area (Å²) >= 11 is -10.5. The van der Waals surface area contributed by atoms with Crippen LogP contribution in [0.15, 0.2) is 0 Å². The molecule has 3 nitrogen and oxygen atoms in total. The van der Waals surface area contributed by atoms with E-state index in [-0.39, 0.29) is 154 Å². The summed E-state index contributed by atoms with van der Waals surface area (Å²) in [6, 6.07) is 0. The van der Waals surface area contributed by atoms with E-state index in [0.717, 1.165) is 0 Å². The Morgan fingerprint density at radius 3 is 0.692 bits per heavy atom. The van der Waals surface area contributed by atoms with Crippen LogP contribution < -0.4 is 154 Å². The van der Waals surface area contributed by atoms with Gasteiger partial charge in [-0.3, -0.25) is 4.91 Å². The molecule has 0 amide bonds. The van der Waals surface area contributed by atoms with E-state index in [0.29, 0.717) is 0 Å². The van der Waals surface area contributed by atoms with Gasteiger partial charge in [0, 0.05) is 0 Å². The van der Waals surface area contributed by atoms with Gasteiger partial charge in [0.1, 0.15) is 0 Å². The molecule has 0 unspecified atom stereocenters. The van der Waals surface area contributed by atoms with Crippen LogP contribution in [0, 0.1) is 0 Å².